The molecule has 0 saturated carbocycles. The molecule has 2 N–H and O–H groups in total. The molecule has 9 heteroatoms. The van der Waals surface area contributed by atoms with E-state index in [2.05, 4.69) is 20.3 Å². The number of benzene rings is 1. The molecule has 0 bridgehead atoms. The summed E-state index contributed by atoms with van der Waals surface area (Å²) in [5, 5.41) is 4.35. The van der Waals surface area contributed by atoms with E-state index in [9.17, 15) is 14.0 Å². The van der Waals surface area contributed by atoms with Crippen LogP contribution in [-0.4, -0.2) is 34.5 Å². The van der Waals surface area contributed by atoms with Crippen LogP contribution in [-0.2, 0) is 0 Å². The Kier molecular flexibility index (Phi) is 4.92. The molecule has 0 fully saturated rings. The number of halogens is 1. The van der Waals surface area contributed by atoms with Gasteiger partial charge in [0, 0.05) is 47.8 Å². The second-order valence-electron chi connectivity index (χ2n) is 8.73. The predicted octanol–water partition coefficient (Wildman–Crippen LogP) is 2.15. The van der Waals surface area contributed by atoms with Gasteiger partial charge in [0.1, 0.15) is 11.5 Å². The van der Waals surface area contributed by atoms with Crippen molar-refractivity contribution in [3.8, 4) is 11.1 Å². The zero-order chi connectivity index (χ0) is 25.0. The van der Waals surface area contributed by atoms with Crippen LogP contribution in [0.2, 0.25) is 0 Å². The average molecular weight is 481 g/mol. The van der Waals surface area contributed by atoms with Crippen molar-refractivity contribution in [1.82, 2.24) is 20.3 Å². The van der Waals surface area contributed by atoms with Gasteiger partial charge in [0.15, 0.2) is 0 Å². The molecule has 8 nitrogen and oxygen atoms in total. The minimum absolute atomic E-state index is 0.191. The van der Waals surface area contributed by atoms with Gasteiger partial charge in [-0.15, -0.1) is 0 Å². The molecule has 0 unspecified atom stereocenters. The normalized spacial score (nSPS) is 14.0. The van der Waals surface area contributed by atoms with Crippen molar-refractivity contribution in [2.75, 3.05) is 23.4 Å². The molecule has 6 rings (SSSR count). The summed E-state index contributed by atoms with van der Waals surface area (Å²) < 4.78 is 13.6. The predicted molar refractivity (Wildman–Crippen MR) is 136 cm³/mol. The summed E-state index contributed by atoms with van der Waals surface area (Å²) in [5.74, 6) is -0.715. The zero-order valence-electron chi connectivity index (χ0n) is 19.5. The number of aromatic amines is 1. The van der Waals surface area contributed by atoms with Gasteiger partial charge in [-0.3, -0.25) is 14.6 Å². The molecule has 0 saturated heterocycles. The summed E-state index contributed by atoms with van der Waals surface area (Å²) in [6, 6.07) is 10.1. The van der Waals surface area contributed by atoms with Crippen LogP contribution in [0.4, 0.5) is 21.5 Å². The first-order chi connectivity index (χ1) is 17.4. The highest BCUT2D eigenvalue weighted by Gasteiger charge is 2.28. The lowest BCUT2D eigenvalue weighted by atomic mass is 10.0. The molecule has 1 aromatic heterocycles. The number of aryl methyl sites for hydroxylation is 1. The number of carbonyl (C=O) groups excluding carboxylic acids is 1. The monoisotopic (exact) mass is 480 g/mol. The fraction of sp³-hybridized carbons (Fsp3) is 0.111. The quantitative estimate of drug-likeness (QED) is 0.467. The topological polar surface area (TPSA) is 94.2 Å². The Labute approximate surface area is 205 Å². The lowest BCUT2D eigenvalue weighted by molar-refractivity contribution is 0.0968. The highest BCUT2D eigenvalue weighted by Crippen LogP contribution is 2.37. The van der Waals surface area contributed by atoms with Gasteiger partial charge >= 0.3 is 0 Å². The Morgan fingerprint density at radius 3 is 2.64 bits per heavy atom. The van der Waals surface area contributed by atoms with Crippen molar-refractivity contribution < 1.29 is 9.18 Å². The van der Waals surface area contributed by atoms with Crippen molar-refractivity contribution in [2.45, 2.75) is 6.92 Å². The molecule has 36 heavy (non-hydrogen) atoms. The number of aromatic nitrogens is 3. The summed E-state index contributed by atoms with van der Waals surface area (Å²) in [6.07, 6.45) is 8.51. The standard InChI is InChI=1S/C27H21FN6O2/c1-15-13-30-21(14-29-15)26(35)31-19-9-11-33(2)25-18(19)7-8-22-23-20(32-27(36)24(23)25)10-12-34(22)17-5-3-16(28)4-6-17/h3-11,13-14H,12H2,1-2H3,(H,31,35)(H,32,36). The van der Waals surface area contributed by atoms with E-state index in [1.807, 2.05) is 35.1 Å². The van der Waals surface area contributed by atoms with Crippen LogP contribution in [0, 0.1) is 12.7 Å². The number of hydrogen-bond acceptors (Lipinski definition) is 6. The van der Waals surface area contributed by atoms with E-state index in [4.69, 9.17) is 0 Å². The Bertz CT molecular complexity index is 1710. The van der Waals surface area contributed by atoms with Crippen molar-refractivity contribution in [1.29, 1.82) is 0 Å². The molecule has 1 amide bonds. The maximum Gasteiger partial charge on any atom is 0.275 e. The van der Waals surface area contributed by atoms with E-state index >= 15 is 0 Å². The molecule has 1 aromatic carbocycles. The van der Waals surface area contributed by atoms with Gasteiger partial charge < -0.3 is 20.1 Å². The van der Waals surface area contributed by atoms with Crippen LogP contribution in [0.3, 0.4) is 0 Å². The summed E-state index contributed by atoms with van der Waals surface area (Å²) in [5.41, 5.74) is 4.80. The highest BCUT2D eigenvalue weighted by molar-refractivity contribution is 5.99. The van der Waals surface area contributed by atoms with E-state index in [0.717, 1.165) is 22.3 Å². The van der Waals surface area contributed by atoms with Gasteiger partial charge in [-0.05, 0) is 55.5 Å². The Hall–Kier alpha value is -4.79. The first-order valence-electron chi connectivity index (χ1n) is 11.4. The number of hydrogen-bond donors (Lipinski definition) is 2. The summed E-state index contributed by atoms with van der Waals surface area (Å²) in [4.78, 5) is 41.4. The maximum atomic E-state index is 13.6. The molecular weight excluding hydrogens is 459 g/mol. The third-order valence-corrected chi connectivity index (χ3v) is 6.43. The van der Waals surface area contributed by atoms with Crippen LogP contribution in [0.15, 0.2) is 65.9 Å². The second-order valence-corrected chi connectivity index (χ2v) is 8.73. The van der Waals surface area contributed by atoms with Gasteiger partial charge in [0.05, 0.1) is 34.5 Å². The van der Waals surface area contributed by atoms with Gasteiger partial charge in [-0.2, -0.15) is 0 Å². The Morgan fingerprint density at radius 2 is 1.89 bits per heavy atom. The summed E-state index contributed by atoms with van der Waals surface area (Å²) in [7, 11) is 1.86. The number of amides is 1. The molecule has 0 atom stereocenters. The third-order valence-electron chi connectivity index (χ3n) is 6.43. The first kappa shape index (κ1) is 21.7. The molecule has 3 aliphatic heterocycles. The molecule has 178 valence electrons. The van der Waals surface area contributed by atoms with E-state index in [1.165, 1.54) is 24.5 Å². The molecule has 2 aromatic rings. The molecule has 4 heterocycles. The van der Waals surface area contributed by atoms with Gasteiger partial charge in [-0.1, -0.05) is 0 Å². The number of anilines is 3. The van der Waals surface area contributed by atoms with Crippen molar-refractivity contribution in [2.24, 2.45) is 0 Å². The van der Waals surface area contributed by atoms with Crippen LogP contribution in [0.5, 0.6) is 0 Å². The van der Waals surface area contributed by atoms with Crippen LogP contribution in [0.25, 0.3) is 22.9 Å². The minimum atomic E-state index is -0.400. The molecule has 1 aliphatic carbocycles. The minimum Gasteiger partial charge on any atom is -0.350 e. The fourth-order valence-corrected chi connectivity index (χ4v) is 4.71. The highest BCUT2D eigenvalue weighted by atomic mass is 19.1. The zero-order valence-corrected chi connectivity index (χ0v) is 19.5. The van der Waals surface area contributed by atoms with Gasteiger partial charge in [0.25, 0.3) is 11.5 Å². The number of nitrogens with zero attached hydrogens (tertiary/aromatic N) is 4. The van der Waals surface area contributed by atoms with Crippen molar-refractivity contribution >= 4 is 34.7 Å². The fourth-order valence-electron chi connectivity index (χ4n) is 4.71. The Balaban J connectivity index is 1.56. The first-order valence-corrected chi connectivity index (χ1v) is 11.4. The number of H-pyrrole nitrogens is 1. The van der Waals surface area contributed by atoms with E-state index in [-0.39, 0.29) is 17.1 Å². The summed E-state index contributed by atoms with van der Waals surface area (Å²) in [6.45, 7) is 2.31. The number of nitrogens with one attached hydrogen (secondary N) is 2. The van der Waals surface area contributed by atoms with E-state index in [1.54, 1.807) is 31.3 Å². The van der Waals surface area contributed by atoms with E-state index in [0.29, 0.717) is 34.4 Å². The molecule has 4 aliphatic rings. The van der Waals surface area contributed by atoms with Crippen LogP contribution in [0.1, 0.15) is 16.2 Å². The number of rotatable bonds is 3. The SMILES string of the molecule is Cc1cnc(C(=O)NC2=c3ccc4c5c([nH]c(=O)c-5c3N(C)C=C2)=CCN4c2ccc(F)cc2)cn1. The second kappa shape index (κ2) is 8.16. The average Bonchev–Trinajstić information content (AvgIpc) is 3.08. The molecule has 0 radical (unpaired) electrons. The number of fused-ring (bicyclic) bond motifs is 2. The van der Waals surface area contributed by atoms with Crippen LogP contribution < -0.4 is 31.2 Å². The maximum absolute atomic E-state index is 13.6. The smallest absolute Gasteiger partial charge is 0.275 e. The van der Waals surface area contributed by atoms with E-state index < -0.39 is 5.91 Å². The summed E-state index contributed by atoms with van der Waals surface area (Å²) >= 11 is 0. The number of carbonyl (C=O) groups is 1. The lowest BCUT2D eigenvalue weighted by Crippen LogP contribution is -2.32. The molecule has 0 spiro atoms. The third kappa shape index (κ3) is 3.44. The van der Waals surface area contributed by atoms with Crippen molar-refractivity contribution in [3.63, 3.8) is 0 Å². The lowest BCUT2D eigenvalue weighted by Gasteiger charge is -2.27. The Morgan fingerprint density at radius 1 is 1.08 bits per heavy atom. The molecular formula is C27H21FN6O2. The largest absolute Gasteiger partial charge is 0.350 e. The van der Waals surface area contributed by atoms with Crippen LogP contribution >= 0.6 is 0 Å². The van der Waals surface area contributed by atoms with Gasteiger partial charge in [0.2, 0.25) is 0 Å². The van der Waals surface area contributed by atoms with Crippen molar-refractivity contribution in [3.05, 3.63) is 99.2 Å². The van der Waals surface area contributed by atoms with Gasteiger partial charge in [-0.25, -0.2) is 9.37 Å².